The van der Waals surface area contributed by atoms with Crippen molar-refractivity contribution in [3.63, 3.8) is 0 Å². The molecule has 2 aromatic rings. The third kappa shape index (κ3) is 2.79. The van der Waals surface area contributed by atoms with Crippen LogP contribution in [-0.2, 0) is 16.6 Å². The van der Waals surface area contributed by atoms with Crippen molar-refractivity contribution in [3.8, 4) is 11.5 Å². The lowest BCUT2D eigenvalue weighted by Gasteiger charge is -2.09. The summed E-state index contributed by atoms with van der Waals surface area (Å²) in [6.07, 6.45) is 0. The van der Waals surface area contributed by atoms with E-state index in [1.807, 2.05) is 0 Å². The molecule has 110 valence electrons. The monoisotopic (exact) mass is 307 g/mol. The molecular weight excluding hydrogens is 294 g/mol. The Kier molecular flexibility index (Phi) is 3.44. The van der Waals surface area contributed by atoms with Crippen LogP contribution in [0.4, 0.5) is 5.69 Å². The van der Waals surface area contributed by atoms with Crippen LogP contribution in [0, 0.1) is 0 Å². The van der Waals surface area contributed by atoms with E-state index >= 15 is 0 Å². The van der Waals surface area contributed by atoms with Gasteiger partial charge in [0.1, 0.15) is 0 Å². The summed E-state index contributed by atoms with van der Waals surface area (Å²) in [6, 6.07) is 10.9. The summed E-state index contributed by atoms with van der Waals surface area (Å²) >= 11 is 0. The molecule has 7 heteroatoms. The molecule has 1 heterocycles. The Morgan fingerprint density at radius 3 is 2.71 bits per heavy atom. The van der Waals surface area contributed by atoms with Crippen LogP contribution in [0.1, 0.15) is 5.56 Å². The van der Waals surface area contributed by atoms with Crippen LogP contribution < -0.4 is 14.2 Å². The van der Waals surface area contributed by atoms with Gasteiger partial charge in [-0.3, -0.25) is 4.72 Å². The molecule has 0 saturated carbocycles. The van der Waals surface area contributed by atoms with Crippen LogP contribution >= 0.6 is 0 Å². The Bertz CT molecular complexity index is 773. The fourth-order valence-corrected chi connectivity index (χ4v) is 3.10. The number of rotatable bonds is 4. The zero-order valence-corrected chi connectivity index (χ0v) is 11.8. The van der Waals surface area contributed by atoms with Gasteiger partial charge in [-0.1, -0.05) is 12.1 Å². The quantitative estimate of drug-likeness (QED) is 0.898. The summed E-state index contributed by atoms with van der Waals surface area (Å²) in [4.78, 5) is 0.0896. The second kappa shape index (κ2) is 5.27. The Hall–Kier alpha value is -2.25. The van der Waals surface area contributed by atoms with Gasteiger partial charge in [-0.2, -0.15) is 0 Å². The van der Waals surface area contributed by atoms with E-state index in [0.717, 1.165) is 0 Å². The predicted octanol–water partition coefficient (Wildman–Crippen LogP) is 1.71. The lowest BCUT2D eigenvalue weighted by Crippen LogP contribution is -2.13. The van der Waals surface area contributed by atoms with E-state index in [2.05, 4.69) is 4.72 Å². The number of aliphatic hydroxyl groups is 1. The highest BCUT2D eigenvalue weighted by atomic mass is 32.2. The Labute approximate surface area is 122 Å². The van der Waals surface area contributed by atoms with Crippen LogP contribution in [0.25, 0.3) is 0 Å². The fourth-order valence-electron chi connectivity index (χ4n) is 1.99. The number of aliphatic hydroxyl groups excluding tert-OH is 1. The molecule has 1 aliphatic rings. The summed E-state index contributed by atoms with van der Waals surface area (Å²) in [5, 5.41) is 9.08. The van der Waals surface area contributed by atoms with Crippen molar-refractivity contribution in [1.82, 2.24) is 0 Å². The molecule has 0 aliphatic carbocycles. The molecule has 0 atom stereocenters. The van der Waals surface area contributed by atoms with Crippen molar-refractivity contribution < 1.29 is 23.0 Å². The second-order valence-corrected chi connectivity index (χ2v) is 6.16. The summed E-state index contributed by atoms with van der Waals surface area (Å²) in [7, 11) is -3.72. The Morgan fingerprint density at radius 1 is 1.10 bits per heavy atom. The molecule has 2 aromatic carbocycles. The van der Waals surface area contributed by atoms with E-state index in [9.17, 15) is 8.42 Å². The van der Waals surface area contributed by atoms with Gasteiger partial charge in [-0.25, -0.2) is 8.42 Å². The molecule has 1 aliphatic heterocycles. The van der Waals surface area contributed by atoms with E-state index in [4.69, 9.17) is 14.6 Å². The maximum Gasteiger partial charge on any atom is 0.261 e. The Morgan fingerprint density at radius 2 is 1.90 bits per heavy atom. The van der Waals surface area contributed by atoms with Crippen LogP contribution in [0.5, 0.6) is 11.5 Å². The molecule has 0 aromatic heterocycles. The Balaban J connectivity index is 1.89. The third-order valence-electron chi connectivity index (χ3n) is 3.02. The summed E-state index contributed by atoms with van der Waals surface area (Å²) in [5.74, 6) is 1.08. The van der Waals surface area contributed by atoms with Gasteiger partial charge in [0.25, 0.3) is 10.0 Å². The van der Waals surface area contributed by atoms with Gasteiger partial charge in [-0.15, -0.1) is 0 Å². The lowest BCUT2D eigenvalue weighted by molar-refractivity contribution is 0.174. The average Bonchev–Trinajstić information content (AvgIpc) is 2.94. The maximum atomic E-state index is 12.3. The van der Waals surface area contributed by atoms with Crippen LogP contribution in [0.2, 0.25) is 0 Å². The summed E-state index contributed by atoms with van der Waals surface area (Å²) < 4.78 is 37.5. The van der Waals surface area contributed by atoms with Gasteiger partial charge < -0.3 is 14.6 Å². The first-order valence-electron chi connectivity index (χ1n) is 6.21. The summed E-state index contributed by atoms with van der Waals surface area (Å²) in [5.41, 5.74) is 0.914. The van der Waals surface area contributed by atoms with E-state index in [1.54, 1.807) is 30.3 Å². The van der Waals surface area contributed by atoms with Gasteiger partial charge in [0, 0.05) is 6.07 Å². The van der Waals surface area contributed by atoms with E-state index < -0.39 is 10.0 Å². The molecule has 0 amide bonds. The minimum absolute atomic E-state index is 0.0896. The normalized spacial score (nSPS) is 13.2. The van der Waals surface area contributed by atoms with Gasteiger partial charge in [0.2, 0.25) is 6.79 Å². The number of sulfonamides is 1. The molecule has 6 nitrogen and oxygen atoms in total. The molecule has 21 heavy (non-hydrogen) atoms. The minimum Gasteiger partial charge on any atom is -0.454 e. The van der Waals surface area contributed by atoms with E-state index in [-0.39, 0.29) is 18.3 Å². The second-order valence-electron chi connectivity index (χ2n) is 4.48. The van der Waals surface area contributed by atoms with Crippen molar-refractivity contribution in [3.05, 3.63) is 48.0 Å². The SMILES string of the molecule is O=S(=O)(Nc1ccc2c(c1)OCO2)c1cccc(CO)c1. The molecule has 2 N–H and O–H groups in total. The van der Waals surface area contributed by atoms with Crippen LogP contribution in [-0.4, -0.2) is 20.3 Å². The van der Waals surface area contributed by atoms with Crippen molar-refractivity contribution >= 4 is 15.7 Å². The average molecular weight is 307 g/mol. The van der Waals surface area contributed by atoms with Crippen molar-refractivity contribution in [2.45, 2.75) is 11.5 Å². The minimum atomic E-state index is -3.72. The molecule has 0 saturated heterocycles. The third-order valence-corrected chi connectivity index (χ3v) is 4.40. The van der Waals surface area contributed by atoms with Crippen molar-refractivity contribution in [1.29, 1.82) is 0 Å². The predicted molar refractivity (Wildman–Crippen MR) is 75.7 cm³/mol. The molecule has 0 fully saturated rings. The molecule has 3 rings (SSSR count). The lowest BCUT2D eigenvalue weighted by atomic mass is 10.2. The number of hydrogen-bond acceptors (Lipinski definition) is 5. The number of benzene rings is 2. The fraction of sp³-hybridized carbons (Fsp3) is 0.143. The number of fused-ring (bicyclic) bond motifs is 1. The molecule has 0 unspecified atom stereocenters. The standard InChI is InChI=1S/C14H13NO5S/c16-8-10-2-1-3-12(6-10)21(17,18)15-11-4-5-13-14(7-11)20-9-19-13/h1-7,15-16H,8-9H2. The van der Waals surface area contributed by atoms with E-state index in [0.29, 0.717) is 22.7 Å². The van der Waals surface area contributed by atoms with Crippen LogP contribution in [0.15, 0.2) is 47.4 Å². The topological polar surface area (TPSA) is 84.9 Å². The molecular formula is C14H13NO5S. The number of ether oxygens (including phenoxy) is 2. The number of nitrogens with one attached hydrogen (secondary N) is 1. The van der Waals surface area contributed by atoms with Gasteiger partial charge in [0.15, 0.2) is 11.5 Å². The van der Waals surface area contributed by atoms with Crippen LogP contribution in [0.3, 0.4) is 0 Å². The van der Waals surface area contributed by atoms with Gasteiger partial charge >= 0.3 is 0 Å². The van der Waals surface area contributed by atoms with E-state index in [1.165, 1.54) is 12.1 Å². The molecule has 0 radical (unpaired) electrons. The first kappa shape index (κ1) is 13.7. The van der Waals surface area contributed by atoms with Gasteiger partial charge in [0.05, 0.1) is 17.2 Å². The first-order valence-corrected chi connectivity index (χ1v) is 7.69. The van der Waals surface area contributed by atoms with Crippen molar-refractivity contribution in [2.75, 3.05) is 11.5 Å². The smallest absolute Gasteiger partial charge is 0.261 e. The van der Waals surface area contributed by atoms with Gasteiger partial charge in [-0.05, 0) is 29.8 Å². The number of hydrogen-bond donors (Lipinski definition) is 2. The highest BCUT2D eigenvalue weighted by Crippen LogP contribution is 2.34. The maximum absolute atomic E-state index is 12.3. The molecule has 0 bridgehead atoms. The van der Waals surface area contributed by atoms with Crippen molar-refractivity contribution in [2.24, 2.45) is 0 Å². The number of anilines is 1. The highest BCUT2D eigenvalue weighted by Gasteiger charge is 2.18. The zero-order valence-electron chi connectivity index (χ0n) is 10.9. The molecule has 0 spiro atoms. The largest absolute Gasteiger partial charge is 0.454 e. The zero-order chi connectivity index (χ0) is 14.9. The summed E-state index contributed by atoms with van der Waals surface area (Å²) in [6.45, 7) is -0.0858. The highest BCUT2D eigenvalue weighted by molar-refractivity contribution is 7.92. The first-order chi connectivity index (χ1) is 10.1.